The van der Waals surface area contributed by atoms with E-state index in [0.29, 0.717) is 11.4 Å². The molecule has 1 atom stereocenters. The molecule has 1 heterocycles. The van der Waals surface area contributed by atoms with Gasteiger partial charge < -0.3 is 24.9 Å². The monoisotopic (exact) mass is 358 g/mol. The number of carbonyl (C=O) groups excluding carboxylic acids is 2. The number of rotatable bonds is 8. The molecule has 1 aromatic carbocycles. The number of benzene rings is 1. The molecule has 0 aliphatic heterocycles. The van der Waals surface area contributed by atoms with Crippen LogP contribution in [0.4, 0.5) is 5.69 Å². The van der Waals surface area contributed by atoms with E-state index in [0.717, 1.165) is 12.8 Å². The number of carbonyl (C=O) groups is 3. The first-order valence-corrected chi connectivity index (χ1v) is 8.13. The van der Waals surface area contributed by atoms with E-state index in [2.05, 4.69) is 10.6 Å². The maximum absolute atomic E-state index is 11.9. The number of anilines is 1. The van der Waals surface area contributed by atoms with Crippen molar-refractivity contribution in [2.75, 3.05) is 11.9 Å². The number of hydrogen-bond acceptors (Lipinski definition) is 5. The van der Waals surface area contributed by atoms with Crippen LogP contribution in [0.5, 0.6) is 5.75 Å². The van der Waals surface area contributed by atoms with Gasteiger partial charge in [-0.2, -0.15) is 0 Å². The number of amides is 2. The van der Waals surface area contributed by atoms with Gasteiger partial charge in [-0.3, -0.25) is 9.59 Å². The van der Waals surface area contributed by atoms with Crippen molar-refractivity contribution >= 4 is 23.5 Å². The van der Waals surface area contributed by atoms with Gasteiger partial charge in [0.05, 0.1) is 6.26 Å². The van der Waals surface area contributed by atoms with Gasteiger partial charge in [-0.25, -0.2) is 4.79 Å². The van der Waals surface area contributed by atoms with Crippen LogP contribution in [-0.4, -0.2) is 35.5 Å². The largest absolute Gasteiger partial charge is 0.484 e. The van der Waals surface area contributed by atoms with E-state index < -0.39 is 23.8 Å². The Bertz CT molecular complexity index is 798. The molecule has 1 aromatic heterocycles. The summed E-state index contributed by atoms with van der Waals surface area (Å²) >= 11 is 0. The SMILES string of the molecule is O=C(COc1cccc(NC(=O)c2ccco2)c1)NC(C(=O)O)C1CC1. The van der Waals surface area contributed by atoms with Gasteiger partial charge in [0.15, 0.2) is 12.4 Å². The minimum absolute atomic E-state index is 0.00316. The third kappa shape index (κ3) is 4.62. The summed E-state index contributed by atoms with van der Waals surface area (Å²) in [7, 11) is 0. The molecular formula is C18H18N2O6. The topological polar surface area (TPSA) is 118 Å². The van der Waals surface area contributed by atoms with E-state index >= 15 is 0 Å². The predicted octanol–water partition coefficient (Wildman–Crippen LogP) is 1.89. The van der Waals surface area contributed by atoms with E-state index in [1.54, 1.807) is 36.4 Å². The molecule has 0 bridgehead atoms. The first-order valence-electron chi connectivity index (χ1n) is 8.13. The summed E-state index contributed by atoms with van der Waals surface area (Å²) in [5.74, 6) is -1.40. The molecule has 0 saturated heterocycles. The average molecular weight is 358 g/mol. The van der Waals surface area contributed by atoms with Crippen LogP contribution in [0, 0.1) is 5.92 Å². The molecule has 1 fully saturated rings. The first-order chi connectivity index (χ1) is 12.5. The Labute approximate surface area is 149 Å². The van der Waals surface area contributed by atoms with Gasteiger partial charge in [-0.15, -0.1) is 0 Å². The van der Waals surface area contributed by atoms with Crippen LogP contribution in [0.1, 0.15) is 23.4 Å². The fourth-order valence-corrected chi connectivity index (χ4v) is 2.44. The predicted molar refractivity (Wildman–Crippen MR) is 90.9 cm³/mol. The molecule has 136 valence electrons. The van der Waals surface area contributed by atoms with Gasteiger partial charge in [0, 0.05) is 11.8 Å². The number of hydrogen-bond donors (Lipinski definition) is 3. The lowest BCUT2D eigenvalue weighted by molar-refractivity contribution is -0.142. The lowest BCUT2D eigenvalue weighted by atomic mass is 10.2. The fourth-order valence-electron chi connectivity index (χ4n) is 2.44. The summed E-state index contributed by atoms with van der Waals surface area (Å²) in [6.07, 6.45) is 3.00. The van der Waals surface area contributed by atoms with E-state index in [1.807, 2.05) is 0 Å². The molecule has 1 aliphatic rings. The summed E-state index contributed by atoms with van der Waals surface area (Å²) in [6.45, 7) is -0.313. The molecule has 8 heteroatoms. The van der Waals surface area contributed by atoms with Gasteiger partial charge in [0.1, 0.15) is 11.8 Å². The summed E-state index contributed by atoms with van der Waals surface area (Å²) in [5.41, 5.74) is 0.478. The number of furan rings is 1. The third-order valence-corrected chi connectivity index (χ3v) is 3.88. The highest BCUT2D eigenvalue weighted by Crippen LogP contribution is 2.32. The van der Waals surface area contributed by atoms with Gasteiger partial charge in [0.25, 0.3) is 11.8 Å². The average Bonchev–Trinajstić information content (AvgIpc) is 3.30. The highest BCUT2D eigenvalue weighted by atomic mass is 16.5. The number of carboxylic acid groups (broad SMARTS) is 1. The molecule has 2 aromatic rings. The van der Waals surface area contributed by atoms with Crippen molar-refractivity contribution in [1.29, 1.82) is 0 Å². The molecule has 0 radical (unpaired) electrons. The van der Waals surface area contributed by atoms with Crippen molar-refractivity contribution in [3.63, 3.8) is 0 Å². The third-order valence-electron chi connectivity index (χ3n) is 3.88. The van der Waals surface area contributed by atoms with Crippen LogP contribution in [0.2, 0.25) is 0 Å². The minimum atomic E-state index is -1.04. The standard InChI is InChI=1S/C18H18N2O6/c21-15(20-16(18(23)24)11-6-7-11)10-26-13-4-1-3-12(9-13)19-17(22)14-5-2-8-25-14/h1-5,8-9,11,16H,6-7,10H2,(H,19,22)(H,20,21)(H,23,24). The van der Waals surface area contributed by atoms with Crippen molar-refractivity contribution in [1.82, 2.24) is 5.32 Å². The normalized spacial score (nSPS) is 14.3. The zero-order chi connectivity index (χ0) is 18.5. The zero-order valence-electron chi connectivity index (χ0n) is 13.8. The van der Waals surface area contributed by atoms with Crippen molar-refractivity contribution in [2.45, 2.75) is 18.9 Å². The Hall–Kier alpha value is -3.29. The highest BCUT2D eigenvalue weighted by Gasteiger charge is 2.37. The van der Waals surface area contributed by atoms with Crippen molar-refractivity contribution < 1.29 is 28.6 Å². The second-order valence-electron chi connectivity index (χ2n) is 5.97. The second kappa shape index (κ2) is 7.73. The van der Waals surface area contributed by atoms with Crippen molar-refractivity contribution in [3.8, 4) is 5.75 Å². The molecule has 0 spiro atoms. The molecule has 3 rings (SSSR count). The van der Waals surface area contributed by atoms with Gasteiger partial charge in [-0.05, 0) is 43.0 Å². The summed E-state index contributed by atoms with van der Waals surface area (Å²) in [5, 5.41) is 14.2. The number of nitrogens with one attached hydrogen (secondary N) is 2. The van der Waals surface area contributed by atoms with E-state index in [1.165, 1.54) is 6.26 Å². The Kier molecular flexibility index (Phi) is 5.21. The molecule has 1 unspecified atom stereocenters. The smallest absolute Gasteiger partial charge is 0.326 e. The molecule has 3 N–H and O–H groups in total. The van der Waals surface area contributed by atoms with E-state index in [9.17, 15) is 14.4 Å². The lowest BCUT2D eigenvalue weighted by Gasteiger charge is -2.14. The molecule has 1 aliphatic carbocycles. The molecule has 8 nitrogen and oxygen atoms in total. The van der Waals surface area contributed by atoms with Crippen LogP contribution in [-0.2, 0) is 9.59 Å². The maximum atomic E-state index is 11.9. The quantitative estimate of drug-likeness (QED) is 0.663. The number of aliphatic carboxylic acids is 1. The van der Waals surface area contributed by atoms with Crippen LogP contribution in [0.3, 0.4) is 0 Å². The number of ether oxygens (including phenoxy) is 1. The molecule has 1 saturated carbocycles. The van der Waals surface area contributed by atoms with Crippen LogP contribution < -0.4 is 15.4 Å². The van der Waals surface area contributed by atoms with Crippen molar-refractivity contribution in [2.24, 2.45) is 5.92 Å². The first kappa shape index (κ1) is 17.5. The Morgan fingerprint density at radius 3 is 2.69 bits per heavy atom. The van der Waals surface area contributed by atoms with Crippen LogP contribution in [0.25, 0.3) is 0 Å². The molecular weight excluding hydrogens is 340 g/mol. The Balaban J connectivity index is 1.52. The van der Waals surface area contributed by atoms with Crippen LogP contribution in [0.15, 0.2) is 47.1 Å². The summed E-state index contributed by atoms with van der Waals surface area (Å²) in [6, 6.07) is 8.80. The summed E-state index contributed by atoms with van der Waals surface area (Å²) < 4.78 is 10.4. The fraction of sp³-hybridized carbons (Fsp3) is 0.278. The highest BCUT2D eigenvalue weighted by molar-refractivity contribution is 6.02. The lowest BCUT2D eigenvalue weighted by Crippen LogP contribution is -2.44. The van der Waals surface area contributed by atoms with Gasteiger partial charge >= 0.3 is 5.97 Å². The van der Waals surface area contributed by atoms with E-state index in [-0.39, 0.29) is 18.3 Å². The Morgan fingerprint density at radius 2 is 2.04 bits per heavy atom. The Morgan fingerprint density at radius 1 is 1.23 bits per heavy atom. The van der Waals surface area contributed by atoms with Crippen molar-refractivity contribution in [3.05, 3.63) is 48.4 Å². The maximum Gasteiger partial charge on any atom is 0.326 e. The number of carboxylic acids is 1. The summed E-state index contributed by atoms with van der Waals surface area (Å²) in [4.78, 5) is 35.0. The minimum Gasteiger partial charge on any atom is -0.484 e. The zero-order valence-corrected chi connectivity index (χ0v) is 13.8. The van der Waals surface area contributed by atoms with E-state index in [4.69, 9.17) is 14.3 Å². The molecule has 2 amide bonds. The van der Waals surface area contributed by atoms with Crippen LogP contribution >= 0.6 is 0 Å². The van der Waals surface area contributed by atoms with Gasteiger partial charge in [-0.1, -0.05) is 6.07 Å². The van der Waals surface area contributed by atoms with Gasteiger partial charge in [0.2, 0.25) is 0 Å². The molecule has 26 heavy (non-hydrogen) atoms. The second-order valence-corrected chi connectivity index (χ2v) is 5.97.